The summed E-state index contributed by atoms with van der Waals surface area (Å²) in [6, 6.07) is 16.4. The first-order chi connectivity index (χ1) is 10.3. The van der Waals surface area contributed by atoms with Crippen molar-refractivity contribution in [2.45, 2.75) is 12.8 Å². The van der Waals surface area contributed by atoms with Crippen molar-refractivity contribution in [3.63, 3.8) is 0 Å². The number of ether oxygens (including phenoxy) is 1. The molecule has 1 aliphatic rings. The van der Waals surface area contributed by atoms with Crippen molar-refractivity contribution in [1.29, 1.82) is 0 Å². The summed E-state index contributed by atoms with van der Waals surface area (Å²) in [4.78, 5) is 2.48. The van der Waals surface area contributed by atoms with E-state index in [9.17, 15) is 0 Å². The summed E-state index contributed by atoms with van der Waals surface area (Å²) in [6.07, 6.45) is 2.27. The van der Waals surface area contributed by atoms with Crippen LogP contribution in [0.2, 0.25) is 0 Å². The Morgan fingerprint density at radius 2 is 1.67 bits per heavy atom. The summed E-state index contributed by atoms with van der Waals surface area (Å²) >= 11 is 0. The molecule has 3 nitrogen and oxygen atoms in total. The fourth-order valence-electron chi connectivity index (χ4n) is 2.83. The molecule has 1 heterocycles. The van der Waals surface area contributed by atoms with Gasteiger partial charge in [-0.2, -0.15) is 0 Å². The van der Waals surface area contributed by atoms with Crippen LogP contribution in [0.1, 0.15) is 11.1 Å². The molecule has 3 heteroatoms. The monoisotopic (exact) mass is 282 g/mol. The summed E-state index contributed by atoms with van der Waals surface area (Å²) in [6.45, 7) is 3.89. The van der Waals surface area contributed by atoms with Gasteiger partial charge in [-0.15, -0.1) is 0 Å². The Morgan fingerprint density at radius 3 is 2.33 bits per heavy atom. The van der Waals surface area contributed by atoms with E-state index in [0.717, 1.165) is 43.9 Å². The molecule has 0 spiro atoms. The number of nitrogens with two attached hydrogens (primary N) is 1. The van der Waals surface area contributed by atoms with Crippen LogP contribution >= 0.6 is 0 Å². The summed E-state index contributed by atoms with van der Waals surface area (Å²) in [5, 5.41) is 0. The Labute approximate surface area is 126 Å². The number of hydrogen-bond acceptors (Lipinski definition) is 3. The third-order valence-electron chi connectivity index (χ3n) is 4.05. The van der Waals surface area contributed by atoms with Crippen LogP contribution in [0.4, 0.5) is 5.69 Å². The minimum Gasteiger partial charge on any atom is -0.492 e. The molecule has 0 atom stereocenters. The quantitative estimate of drug-likeness (QED) is 0.876. The third kappa shape index (κ3) is 3.76. The molecule has 2 aromatic carbocycles. The lowest BCUT2D eigenvalue weighted by Gasteiger charge is -2.19. The van der Waals surface area contributed by atoms with Crippen molar-refractivity contribution in [2.75, 3.05) is 32.0 Å². The molecule has 0 saturated heterocycles. The van der Waals surface area contributed by atoms with Gasteiger partial charge < -0.3 is 10.5 Å². The Kier molecular flexibility index (Phi) is 4.41. The Balaban J connectivity index is 1.49. The zero-order valence-electron chi connectivity index (χ0n) is 12.3. The van der Waals surface area contributed by atoms with Gasteiger partial charge in [-0.25, -0.2) is 0 Å². The third-order valence-corrected chi connectivity index (χ3v) is 4.05. The molecular formula is C18H22N2O. The molecule has 2 N–H and O–H groups in total. The van der Waals surface area contributed by atoms with Gasteiger partial charge in [0.2, 0.25) is 0 Å². The number of rotatable bonds is 4. The fourth-order valence-corrected chi connectivity index (χ4v) is 2.83. The van der Waals surface area contributed by atoms with Crippen molar-refractivity contribution in [3.8, 4) is 5.75 Å². The predicted octanol–water partition coefficient (Wildman–Crippen LogP) is 2.75. The van der Waals surface area contributed by atoms with Crippen molar-refractivity contribution >= 4 is 5.69 Å². The molecule has 0 fully saturated rings. The lowest BCUT2D eigenvalue weighted by atomic mass is 10.0. The molecule has 0 bridgehead atoms. The van der Waals surface area contributed by atoms with Crippen LogP contribution in [-0.4, -0.2) is 31.1 Å². The molecule has 3 rings (SSSR count). The molecular weight excluding hydrogens is 260 g/mol. The number of nitrogens with zero attached hydrogens (tertiary/aromatic N) is 1. The molecule has 1 aliphatic heterocycles. The predicted molar refractivity (Wildman–Crippen MR) is 86.6 cm³/mol. The molecule has 0 aromatic heterocycles. The largest absolute Gasteiger partial charge is 0.492 e. The highest BCUT2D eigenvalue weighted by atomic mass is 16.5. The van der Waals surface area contributed by atoms with Crippen LogP contribution in [0.15, 0.2) is 48.5 Å². The van der Waals surface area contributed by atoms with Crippen LogP contribution in [0.3, 0.4) is 0 Å². The average molecular weight is 282 g/mol. The van der Waals surface area contributed by atoms with E-state index < -0.39 is 0 Å². The van der Waals surface area contributed by atoms with E-state index in [1.54, 1.807) is 0 Å². The molecule has 110 valence electrons. The standard InChI is InChI=1S/C18H22N2O/c19-17-6-3-7-18(14-17)21-13-12-20-10-8-15-4-1-2-5-16(15)9-11-20/h1-7,14H,8-13,19H2. The molecule has 0 saturated carbocycles. The van der Waals surface area contributed by atoms with Crippen molar-refractivity contribution in [3.05, 3.63) is 59.7 Å². The van der Waals surface area contributed by atoms with E-state index in [1.165, 1.54) is 11.1 Å². The smallest absolute Gasteiger partial charge is 0.121 e. The maximum absolute atomic E-state index is 5.79. The molecule has 0 unspecified atom stereocenters. The number of fused-ring (bicyclic) bond motifs is 1. The van der Waals surface area contributed by atoms with Gasteiger partial charge in [0.1, 0.15) is 12.4 Å². The maximum atomic E-state index is 5.79. The van der Waals surface area contributed by atoms with Gasteiger partial charge in [-0.3, -0.25) is 4.90 Å². The molecule has 21 heavy (non-hydrogen) atoms. The highest BCUT2D eigenvalue weighted by Crippen LogP contribution is 2.16. The second-order valence-electron chi connectivity index (χ2n) is 5.53. The Hall–Kier alpha value is -2.00. The normalized spacial score (nSPS) is 15.2. The Bertz CT molecular complexity index is 570. The van der Waals surface area contributed by atoms with Crippen LogP contribution in [-0.2, 0) is 12.8 Å². The van der Waals surface area contributed by atoms with Crippen LogP contribution in [0.25, 0.3) is 0 Å². The zero-order chi connectivity index (χ0) is 14.5. The minimum absolute atomic E-state index is 0.708. The first kappa shape index (κ1) is 14.0. The van der Waals surface area contributed by atoms with Crippen LogP contribution in [0.5, 0.6) is 5.75 Å². The van der Waals surface area contributed by atoms with E-state index in [1.807, 2.05) is 24.3 Å². The molecule has 0 aliphatic carbocycles. The second-order valence-corrected chi connectivity index (χ2v) is 5.53. The van der Waals surface area contributed by atoms with Gasteiger partial charge in [-0.05, 0) is 36.1 Å². The average Bonchev–Trinajstić information content (AvgIpc) is 2.70. The van der Waals surface area contributed by atoms with Gasteiger partial charge in [0.05, 0.1) is 0 Å². The number of nitrogen functional groups attached to an aromatic ring is 1. The summed E-state index contributed by atoms with van der Waals surface area (Å²) in [5.41, 5.74) is 9.49. The molecule has 0 radical (unpaired) electrons. The van der Waals surface area contributed by atoms with E-state index in [4.69, 9.17) is 10.5 Å². The first-order valence-corrected chi connectivity index (χ1v) is 7.59. The van der Waals surface area contributed by atoms with Crippen LogP contribution < -0.4 is 10.5 Å². The topological polar surface area (TPSA) is 38.5 Å². The van der Waals surface area contributed by atoms with Crippen LogP contribution in [0, 0.1) is 0 Å². The highest BCUT2D eigenvalue weighted by molar-refractivity contribution is 5.43. The van der Waals surface area contributed by atoms with E-state index in [0.29, 0.717) is 6.61 Å². The first-order valence-electron chi connectivity index (χ1n) is 7.59. The lowest BCUT2D eigenvalue weighted by Crippen LogP contribution is -2.30. The molecule has 2 aromatic rings. The summed E-state index contributed by atoms with van der Waals surface area (Å²) in [5.74, 6) is 0.855. The summed E-state index contributed by atoms with van der Waals surface area (Å²) < 4.78 is 5.79. The van der Waals surface area contributed by atoms with Gasteiger partial charge >= 0.3 is 0 Å². The van der Waals surface area contributed by atoms with Gasteiger partial charge in [0.15, 0.2) is 0 Å². The number of anilines is 1. The second kappa shape index (κ2) is 6.64. The van der Waals surface area contributed by atoms with Gasteiger partial charge in [-0.1, -0.05) is 30.3 Å². The highest BCUT2D eigenvalue weighted by Gasteiger charge is 2.13. The van der Waals surface area contributed by atoms with Crippen molar-refractivity contribution in [1.82, 2.24) is 4.90 Å². The van der Waals surface area contributed by atoms with E-state index in [-0.39, 0.29) is 0 Å². The fraction of sp³-hybridized carbons (Fsp3) is 0.333. The SMILES string of the molecule is Nc1cccc(OCCN2CCc3ccccc3CC2)c1. The van der Waals surface area contributed by atoms with Crippen molar-refractivity contribution < 1.29 is 4.74 Å². The van der Waals surface area contributed by atoms with Gasteiger partial charge in [0, 0.05) is 31.4 Å². The maximum Gasteiger partial charge on any atom is 0.121 e. The zero-order valence-corrected chi connectivity index (χ0v) is 12.3. The number of benzene rings is 2. The summed E-state index contributed by atoms with van der Waals surface area (Å²) in [7, 11) is 0. The van der Waals surface area contributed by atoms with Gasteiger partial charge in [0.25, 0.3) is 0 Å². The lowest BCUT2D eigenvalue weighted by molar-refractivity contribution is 0.215. The minimum atomic E-state index is 0.708. The van der Waals surface area contributed by atoms with E-state index >= 15 is 0 Å². The number of hydrogen-bond donors (Lipinski definition) is 1. The van der Waals surface area contributed by atoms with Crippen molar-refractivity contribution in [2.24, 2.45) is 0 Å². The van der Waals surface area contributed by atoms with E-state index in [2.05, 4.69) is 29.2 Å². The Morgan fingerprint density at radius 1 is 0.952 bits per heavy atom. The molecule has 0 amide bonds.